The van der Waals surface area contributed by atoms with Crippen LogP contribution >= 0.6 is 0 Å². The second kappa shape index (κ2) is 10.4. The molecule has 0 aromatic carbocycles. The van der Waals surface area contributed by atoms with Crippen LogP contribution in [0.3, 0.4) is 0 Å². The largest absolute Gasteiger partial charge is 0.465 e. The molecule has 0 aliphatic heterocycles. The van der Waals surface area contributed by atoms with Crippen molar-refractivity contribution in [2.75, 3.05) is 23.0 Å². The Bertz CT molecular complexity index is 979. The maximum absolute atomic E-state index is 14.6. The third-order valence-corrected chi connectivity index (χ3v) is 4.44. The molecule has 2 aromatic heterocycles. The third-order valence-electron chi connectivity index (χ3n) is 4.44. The van der Waals surface area contributed by atoms with Crippen LogP contribution in [-0.2, 0) is 0 Å². The second-order valence-electron chi connectivity index (χ2n) is 7.37. The first-order valence-electron chi connectivity index (χ1n) is 9.61. The van der Waals surface area contributed by atoms with E-state index in [4.69, 9.17) is 5.11 Å². The van der Waals surface area contributed by atoms with E-state index < -0.39 is 29.8 Å². The summed E-state index contributed by atoms with van der Waals surface area (Å²) in [6, 6.07) is 3.01. The molecule has 0 fully saturated rings. The van der Waals surface area contributed by atoms with Gasteiger partial charge in [0.05, 0.1) is 17.4 Å². The smallest absolute Gasteiger partial charge is 0.404 e. The fraction of sp³-hybridized carbons (Fsp3) is 0.400. The number of carbonyl (C=O) groups is 1. The highest BCUT2D eigenvalue weighted by molar-refractivity contribution is 5.66. The number of nitrogens with one attached hydrogen (secondary N) is 4. The van der Waals surface area contributed by atoms with Crippen LogP contribution < -0.4 is 21.3 Å². The molecule has 0 unspecified atom stereocenters. The minimum Gasteiger partial charge on any atom is -0.465 e. The molecule has 2 atom stereocenters. The number of aromatic nitrogens is 2. The van der Waals surface area contributed by atoms with Crippen LogP contribution in [0, 0.1) is 28.9 Å². The Hall–Kier alpha value is -3.68. The lowest BCUT2D eigenvalue weighted by atomic mass is 9.98. The lowest BCUT2D eigenvalue weighted by Gasteiger charge is -2.27. The van der Waals surface area contributed by atoms with E-state index in [1.807, 2.05) is 19.9 Å². The zero-order valence-electron chi connectivity index (χ0n) is 17.6. The van der Waals surface area contributed by atoms with Crippen molar-refractivity contribution >= 4 is 29.2 Å². The highest BCUT2D eigenvalue weighted by Crippen LogP contribution is 2.26. The van der Waals surface area contributed by atoms with Crippen molar-refractivity contribution in [3.05, 3.63) is 35.5 Å². The van der Waals surface area contributed by atoms with Crippen molar-refractivity contribution in [1.29, 1.82) is 5.26 Å². The number of anilines is 4. The van der Waals surface area contributed by atoms with Crippen LogP contribution in [0.2, 0.25) is 0 Å². The topological polar surface area (TPSA) is 135 Å². The molecule has 0 saturated carbocycles. The summed E-state index contributed by atoms with van der Waals surface area (Å²) in [5.74, 6) is -1.30. The Balaban J connectivity index is 2.36. The minimum absolute atomic E-state index is 0.00644. The summed E-state index contributed by atoms with van der Waals surface area (Å²) in [5.41, 5.74) is 0.135. The number of nitriles is 1. The van der Waals surface area contributed by atoms with Crippen LogP contribution in [-0.4, -0.2) is 40.3 Å². The van der Waals surface area contributed by atoms with E-state index in [0.717, 1.165) is 6.07 Å². The summed E-state index contributed by atoms with van der Waals surface area (Å²) in [6.07, 6.45) is 0.679. The first-order chi connectivity index (χ1) is 14.6. The fourth-order valence-corrected chi connectivity index (χ4v) is 2.96. The number of carboxylic acid groups (broad SMARTS) is 1. The summed E-state index contributed by atoms with van der Waals surface area (Å²) in [4.78, 5) is 19.1. The molecule has 0 radical (unpaired) electrons. The van der Waals surface area contributed by atoms with Gasteiger partial charge in [0.2, 0.25) is 0 Å². The van der Waals surface area contributed by atoms with Gasteiger partial charge in [-0.3, -0.25) is 0 Å². The molecule has 0 spiro atoms. The van der Waals surface area contributed by atoms with Gasteiger partial charge in [-0.05, 0) is 25.3 Å². The Morgan fingerprint density at radius 2 is 1.87 bits per heavy atom. The van der Waals surface area contributed by atoms with Crippen molar-refractivity contribution in [3.8, 4) is 6.07 Å². The molecule has 11 heteroatoms. The molecule has 2 heterocycles. The lowest BCUT2D eigenvalue weighted by molar-refractivity contribution is 0.188. The lowest BCUT2D eigenvalue weighted by Crippen LogP contribution is -2.45. The van der Waals surface area contributed by atoms with Crippen molar-refractivity contribution in [3.63, 3.8) is 0 Å². The number of nitrogens with zero attached hydrogens (tertiary/aromatic N) is 3. The molecule has 1 amide bonds. The summed E-state index contributed by atoms with van der Waals surface area (Å²) in [7, 11) is 1.53. The fourth-order valence-electron chi connectivity index (χ4n) is 2.96. The quantitative estimate of drug-likeness (QED) is 0.402. The Morgan fingerprint density at radius 3 is 2.42 bits per heavy atom. The Kier molecular flexibility index (Phi) is 7.90. The van der Waals surface area contributed by atoms with Crippen LogP contribution in [0.15, 0.2) is 18.3 Å². The molecule has 5 N–H and O–H groups in total. The number of amides is 1. The maximum Gasteiger partial charge on any atom is 0.404 e. The minimum atomic E-state index is -1.20. The monoisotopic (exact) mass is 433 g/mol. The molecule has 0 aliphatic carbocycles. The van der Waals surface area contributed by atoms with Gasteiger partial charge < -0.3 is 26.4 Å². The van der Waals surface area contributed by atoms with Crippen LogP contribution in [0.25, 0.3) is 0 Å². The molecule has 0 bridgehead atoms. The number of hydrogen-bond acceptors (Lipinski definition) is 7. The van der Waals surface area contributed by atoms with Crippen LogP contribution in [0.4, 0.5) is 36.7 Å². The van der Waals surface area contributed by atoms with E-state index in [-0.39, 0.29) is 34.6 Å². The molecule has 166 valence electrons. The van der Waals surface area contributed by atoms with Gasteiger partial charge in [0.1, 0.15) is 6.07 Å². The van der Waals surface area contributed by atoms with Crippen molar-refractivity contribution in [2.24, 2.45) is 5.92 Å². The maximum atomic E-state index is 14.6. The molecular formula is C20H25F2N7O2. The average molecular weight is 433 g/mol. The zero-order chi connectivity index (χ0) is 23.1. The van der Waals surface area contributed by atoms with E-state index in [1.54, 1.807) is 6.92 Å². The molecule has 2 aromatic rings. The van der Waals surface area contributed by atoms with Gasteiger partial charge in [-0.1, -0.05) is 13.8 Å². The first kappa shape index (κ1) is 23.6. The number of halogens is 2. The summed E-state index contributed by atoms with van der Waals surface area (Å²) < 4.78 is 28.6. The Morgan fingerprint density at radius 1 is 1.19 bits per heavy atom. The van der Waals surface area contributed by atoms with Gasteiger partial charge in [-0.15, -0.1) is 0 Å². The highest BCUT2D eigenvalue weighted by Gasteiger charge is 2.23. The second-order valence-corrected chi connectivity index (χ2v) is 7.37. The number of hydrogen-bond donors (Lipinski definition) is 5. The molecule has 9 nitrogen and oxygen atoms in total. The number of pyridine rings is 2. The van der Waals surface area contributed by atoms with Crippen LogP contribution in [0.1, 0.15) is 32.8 Å². The van der Waals surface area contributed by atoms with E-state index in [9.17, 15) is 18.8 Å². The van der Waals surface area contributed by atoms with Gasteiger partial charge in [0, 0.05) is 25.2 Å². The Labute approximate surface area is 178 Å². The SMILES string of the molecule is CNc1ncc(Nc2nc(N[C@@H](CC(C)C)[C@H](C)NC(=O)O)c(F)cc2C#N)cc1F. The number of rotatable bonds is 9. The molecular weight excluding hydrogens is 408 g/mol. The standard InChI is InChI=1S/C20H25F2N7O2/c1-10(2)5-16(11(3)26-20(30)31)28-19-14(21)6-12(8-23)17(29-19)27-13-7-15(22)18(24-4)25-9-13/h6-7,9-11,16,26H,5H2,1-4H3,(H,24,25)(H,30,31)(H2,27,28,29)/t11-,16-/m0/s1. The first-order valence-corrected chi connectivity index (χ1v) is 9.61. The van der Waals surface area contributed by atoms with E-state index in [2.05, 4.69) is 31.2 Å². The van der Waals surface area contributed by atoms with Crippen molar-refractivity contribution in [1.82, 2.24) is 15.3 Å². The van der Waals surface area contributed by atoms with Gasteiger partial charge in [-0.2, -0.15) is 5.26 Å². The summed E-state index contributed by atoms with van der Waals surface area (Å²) in [5, 5.41) is 29.0. The zero-order valence-corrected chi connectivity index (χ0v) is 17.6. The molecule has 2 rings (SSSR count). The van der Waals surface area contributed by atoms with Gasteiger partial charge >= 0.3 is 6.09 Å². The van der Waals surface area contributed by atoms with Crippen molar-refractivity contribution in [2.45, 2.75) is 39.3 Å². The van der Waals surface area contributed by atoms with Gasteiger partial charge in [-0.25, -0.2) is 23.5 Å². The van der Waals surface area contributed by atoms with E-state index in [0.29, 0.717) is 6.42 Å². The van der Waals surface area contributed by atoms with Crippen molar-refractivity contribution < 1.29 is 18.7 Å². The average Bonchev–Trinajstić information content (AvgIpc) is 2.68. The van der Waals surface area contributed by atoms with E-state index in [1.165, 1.54) is 19.3 Å². The predicted octanol–water partition coefficient (Wildman–Crippen LogP) is 3.89. The molecule has 31 heavy (non-hydrogen) atoms. The van der Waals surface area contributed by atoms with Gasteiger partial charge in [0.15, 0.2) is 29.1 Å². The van der Waals surface area contributed by atoms with E-state index >= 15 is 0 Å². The van der Waals surface area contributed by atoms with Gasteiger partial charge in [0.25, 0.3) is 0 Å². The summed E-state index contributed by atoms with van der Waals surface area (Å²) in [6.45, 7) is 5.56. The molecule has 0 saturated heterocycles. The third kappa shape index (κ3) is 6.40. The highest BCUT2D eigenvalue weighted by atomic mass is 19.1. The normalized spacial score (nSPS) is 12.6. The predicted molar refractivity (Wildman–Crippen MR) is 113 cm³/mol. The molecule has 0 aliphatic rings. The van der Waals surface area contributed by atoms with Crippen LogP contribution in [0.5, 0.6) is 0 Å². The summed E-state index contributed by atoms with van der Waals surface area (Å²) >= 11 is 0.